The second-order valence-corrected chi connectivity index (χ2v) is 5.14. The van der Waals surface area contributed by atoms with Crippen LogP contribution in [0.3, 0.4) is 0 Å². The molecule has 2 aromatic carbocycles. The zero-order valence-corrected chi connectivity index (χ0v) is 13.5. The minimum Gasteiger partial charge on any atom is -0.496 e. The molecule has 0 saturated carbocycles. The van der Waals surface area contributed by atoms with Gasteiger partial charge in [-0.1, -0.05) is 12.1 Å². The first-order valence-corrected chi connectivity index (χ1v) is 7.13. The summed E-state index contributed by atoms with van der Waals surface area (Å²) in [7, 11) is 1.49. The maximum atomic E-state index is 12.2. The van der Waals surface area contributed by atoms with Crippen LogP contribution in [0.2, 0.25) is 0 Å². The summed E-state index contributed by atoms with van der Waals surface area (Å²) in [5.41, 5.74) is 0.499. The molecule has 0 atom stereocenters. The van der Waals surface area contributed by atoms with Crippen molar-refractivity contribution in [2.24, 2.45) is 0 Å². The van der Waals surface area contributed by atoms with Crippen molar-refractivity contribution in [1.82, 2.24) is 0 Å². The Morgan fingerprint density at radius 3 is 2.40 bits per heavy atom. The first-order valence-electron chi connectivity index (χ1n) is 7.13. The average molecular weight is 342 g/mol. The van der Waals surface area contributed by atoms with Crippen molar-refractivity contribution >= 4 is 23.2 Å². The predicted octanol–water partition coefficient (Wildman–Crippen LogP) is 3.72. The fourth-order valence-electron chi connectivity index (χ4n) is 2.18. The Bertz CT molecular complexity index is 889. The average Bonchev–Trinajstić information content (AvgIpc) is 2.59. The van der Waals surface area contributed by atoms with E-state index in [1.165, 1.54) is 25.3 Å². The second kappa shape index (κ2) is 7.35. The summed E-state index contributed by atoms with van der Waals surface area (Å²) in [6.45, 7) is 1.84. The third-order valence-corrected chi connectivity index (χ3v) is 3.53. The van der Waals surface area contributed by atoms with Crippen LogP contribution in [0.1, 0.15) is 21.5 Å². The van der Waals surface area contributed by atoms with Crippen LogP contribution in [0, 0.1) is 27.2 Å². The Morgan fingerprint density at radius 1 is 1.08 bits per heavy atom. The van der Waals surface area contributed by atoms with Gasteiger partial charge < -0.3 is 4.74 Å². The molecule has 0 aliphatic carbocycles. The van der Waals surface area contributed by atoms with E-state index in [4.69, 9.17) is 4.74 Å². The summed E-state index contributed by atoms with van der Waals surface area (Å²) in [5, 5.41) is 21.8. The van der Waals surface area contributed by atoms with Gasteiger partial charge in [0.15, 0.2) is 5.78 Å². The molecule has 0 aliphatic heterocycles. The van der Waals surface area contributed by atoms with E-state index in [0.29, 0.717) is 11.3 Å². The highest BCUT2D eigenvalue weighted by atomic mass is 16.6. The van der Waals surface area contributed by atoms with Crippen LogP contribution < -0.4 is 4.74 Å². The van der Waals surface area contributed by atoms with Gasteiger partial charge in [-0.25, -0.2) is 0 Å². The van der Waals surface area contributed by atoms with E-state index in [9.17, 15) is 25.0 Å². The number of hydrogen-bond acceptors (Lipinski definition) is 6. The number of non-ortho nitro benzene ring substituents is 1. The van der Waals surface area contributed by atoms with Crippen molar-refractivity contribution in [2.45, 2.75) is 6.92 Å². The number of aryl methyl sites for hydroxylation is 1. The van der Waals surface area contributed by atoms with Gasteiger partial charge in [-0.2, -0.15) is 0 Å². The van der Waals surface area contributed by atoms with Gasteiger partial charge in [0, 0.05) is 11.6 Å². The molecule has 0 radical (unpaired) electrons. The van der Waals surface area contributed by atoms with Crippen molar-refractivity contribution in [3.8, 4) is 5.75 Å². The zero-order chi connectivity index (χ0) is 18.6. The molecule has 0 N–H and O–H groups in total. The number of carbonyl (C=O) groups excluding carboxylic acids is 1. The standard InChI is InChI=1S/C17H14N2O6/c1-11-3-4-13(9-17(11)25-2)16(20)8-6-12-5-7-14(18(21)22)10-15(12)19(23)24/h3-10H,1-2H3/b8-6+. The highest BCUT2D eigenvalue weighted by Crippen LogP contribution is 2.26. The van der Waals surface area contributed by atoms with Gasteiger partial charge in [-0.05, 0) is 36.8 Å². The molecule has 2 rings (SSSR count). The van der Waals surface area contributed by atoms with Crippen molar-refractivity contribution < 1.29 is 19.4 Å². The Labute approximate surface area is 142 Å². The van der Waals surface area contributed by atoms with E-state index >= 15 is 0 Å². The summed E-state index contributed by atoms with van der Waals surface area (Å²) in [5.74, 6) is 0.187. The van der Waals surface area contributed by atoms with E-state index in [1.807, 2.05) is 6.92 Å². The van der Waals surface area contributed by atoms with E-state index in [-0.39, 0.29) is 11.3 Å². The summed E-state index contributed by atoms with van der Waals surface area (Å²) in [6.07, 6.45) is 2.44. The zero-order valence-electron chi connectivity index (χ0n) is 13.5. The third kappa shape index (κ3) is 4.05. The largest absolute Gasteiger partial charge is 0.496 e. The summed E-state index contributed by atoms with van der Waals surface area (Å²) in [4.78, 5) is 32.6. The molecule has 8 heteroatoms. The Balaban J connectivity index is 2.34. The number of methoxy groups -OCH3 is 1. The van der Waals surface area contributed by atoms with Gasteiger partial charge >= 0.3 is 0 Å². The number of ketones is 1. The number of rotatable bonds is 6. The Morgan fingerprint density at radius 2 is 1.80 bits per heavy atom. The smallest absolute Gasteiger partial charge is 0.283 e. The lowest BCUT2D eigenvalue weighted by molar-refractivity contribution is -0.394. The molecule has 0 bridgehead atoms. The van der Waals surface area contributed by atoms with Crippen LogP contribution >= 0.6 is 0 Å². The maximum absolute atomic E-state index is 12.2. The Hall–Kier alpha value is -3.55. The summed E-state index contributed by atoms with van der Waals surface area (Å²) in [6, 6.07) is 8.16. The molecule has 2 aromatic rings. The molecule has 8 nitrogen and oxygen atoms in total. The van der Waals surface area contributed by atoms with Gasteiger partial charge in [-0.15, -0.1) is 0 Å². The predicted molar refractivity (Wildman–Crippen MR) is 90.8 cm³/mol. The lowest BCUT2D eigenvalue weighted by Crippen LogP contribution is -1.98. The highest BCUT2D eigenvalue weighted by Gasteiger charge is 2.18. The molecule has 0 heterocycles. The highest BCUT2D eigenvalue weighted by molar-refractivity contribution is 6.07. The molecule has 0 amide bonds. The SMILES string of the molecule is COc1cc(C(=O)/C=C/c2ccc([N+](=O)[O-])cc2[N+](=O)[O-])ccc1C. The van der Waals surface area contributed by atoms with Crippen LogP contribution in [0.15, 0.2) is 42.5 Å². The molecule has 0 saturated heterocycles. The van der Waals surface area contributed by atoms with Crippen LogP contribution in [-0.2, 0) is 0 Å². The summed E-state index contributed by atoms with van der Waals surface area (Å²) >= 11 is 0. The van der Waals surface area contributed by atoms with Crippen molar-refractivity contribution in [2.75, 3.05) is 7.11 Å². The van der Waals surface area contributed by atoms with Crippen molar-refractivity contribution in [3.05, 3.63) is 79.4 Å². The number of nitro benzene ring substituents is 2. The topological polar surface area (TPSA) is 113 Å². The lowest BCUT2D eigenvalue weighted by Gasteiger charge is -2.05. The maximum Gasteiger partial charge on any atom is 0.283 e. The summed E-state index contributed by atoms with van der Waals surface area (Å²) < 4.78 is 5.16. The van der Waals surface area contributed by atoms with Gasteiger partial charge in [-0.3, -0.25) is 25.0 Å². The molecular formula is C17H14N2O6. The quantitative estimate of drug-likeness (QED) is 0.342. The number of nitro groups is 2. The van der Waals surface area contributed by atoms with Gasteiger partial charge in [0.2, 0.25) is 0 Å². The number of ether oxygens (including phenoxy) is 1. The monoisotopic (exact) mass is 342 g/mol. The number of nitrogens with zero attached hydrogens (tertiary/aromatic N) is 2. The van der Waals surface area contributed by atoms with Crippen LogP contribution in [-0.4, -0.2) is 22.7 Å². The molecule has 0 aliphatic rings. The first kappa shape index (κ1) is 17.8. The van der Waals surface area contributed by atoms with Crippen molar-refractivity contribution in [1.29, 1.82) is 0 Å². The van der Waals surface area contributed by atoms with Crippen LogP contribution in [0.4, 0.5) is 11.4 Å². The van der Waals surface area contributed by atoms with E-state index in [1.54, 1.807) is 18.2 Å². The van der Waals surface area contributed by atoms with Crippen LogP contribution in [0.5, 0.6) is 5.75 Å². The van der Waals surface area contributed by atoms with Gasteiger partial charge in [0.1, 0.15) is 5.75 Å². The van der Waals surface area contributed by atoms with Gasteiger partial charge in [0.25, 0.3) is 11.4 Å². The normalized spacial score (nSPS) is 10.6. The van der Waals surface area contributed by atoms with Crippen LogP contribution in [0.25, 0.3) is 6.08 Å². The molecule has 0 spiro atoms. The van der Waals surface area contributed by atoms with E-state index in [0.717, 1.165) is 17.7 Å². The molecular weight excluding hydrogens is 328 g/mol. The molecule has 0 fully saturated rings. The molecule has 0 aromatic heterocycles. The number of benzene rings is 2. The minimum absolute atomic E-state index is 0.100. The van der Waals surface area contributed by atoms with Crippen molar-refractivity contribution in [3.63, 3.8) is 0 Å². The number of carbonyl (C=O) groups is 1. The Kier molecular flexibility index (Phi) is 5.23. The minimum atomic E-state index is -0.730. The number of hydrogen-bond donors (Lipinski definition) is 0. The first-order chi connectivity index (χ1) is 11.8. The molecule has 25 heavy (non-hydrogen) atoms. The van der Waals surface area contributed by atoms with E-state index in [2.05, 4.69) is 0 Å². The number of allylic oxidation sites excluding steroid dienone is 1. The fourth-order valence-corrected chi connectivity index (χ4v) is 2.18. The lowest BCUT2D eigenvalue weighted by atomic mass is 10.1. The van der Waals surface area contributed by atoms with Gasteiger partial charge in [0.05, 0.1) is 28.6 Å². The molecule has 0 unspecified atom stereocenters. The molecule has 128 valence electrons. The second-order valence-electron chi connectivity index (χ2n) is 5.14. The third-order valence-electron chi connectivity index (χ3n) is 3.53. The van der Waals surface area contributed by atoms with E-state index < -0.39 is 21.2 Å². The fraction of sp³-hybridized carbons (Fsp3) is 0.118.